The van der Waals surface area contributed by atoms with Crippen molar-refractivity contribution in [3.8, 4) is 0 Å². The van der Waals surface area contributed by atoms with E-state index in [1.165, 1.54) is 0 Å². The lowest BCUT2D eigenvalue weighted by atomic mass is 10.3. The highest BCUT2D eigenvalue weighted by Gasteiger charge is 2.12. The molecule has 0 amide bonds. The van der Waals surface area contributed by atoms with E-state index in [1.807, 2.05) is 42.2 Å². The van der Waals surface area contributed by atoms with Gasteiger partial charge in [0.25, 0.3) is 10.1 Å². The second-order valence-corrected chi connectivity index (χ2v) is 5.97. The summed E-state index contributed by atoms with van der Waals surface area (Å²) in [6.45, 7) is 0.747. The maximum atomic E-state index is 10.6. The molecule has 6 heteroatoms. The molecule has 0 saturated carbocycles. The summed E-state index contributed by atoms with van der Waals surface area (Å²) < 4.78 is 34.0. The molecular weight excluding hydrogens is 252 g/mol. The van der Waals surface area contributed by atoms with Gasteiger partial charge in [0, 0.05) is 0 Å². The van der Waals surface area contributed by atoms with E-state index in [4.69, 9.17) is 4.55 Å². The molecule has 0 aliphatic carbocycles. The van der Waals surface area contributed by atoms with Crippen LogP contribution < -0.4 is 4.57 Å². The molecule has 0 bridgehead atoms. The molecule has 0 aliphatic heterocycles. The van der Waals surface area contributed by atoms with E-state index in [2.05, 4.69) is 4.57 Å². The number of aromatic nitrogens is 2. The Hall–Kier alpha value is -1.40. The SMILES string of the molecule is C[n+]1cn(CCCCS(=O)(=O)O)c2ccccc21. The molecule has 2 aromatic rings. The van der Waals surface area contributed by atoms with Crippen LogP contribution >= 0.6 is 0 Å². The minimum absolute atomic E-state index is 0.168. The second kappa shape index (κ2) is 5.07. The van der Waals surface area contributed by atoms with E-state index in [1.54, 1.807) is 0 Å². The minimum atomic E-state index is -3.83. The van der Waals surface area contributed by atoms with Crippen molar-refractivity contribution in [2.24, 2.45) is 7.05 Å². The van der Waals surface area contributed by atoms with Crippen LogP contribution in [-0.4, -0.2) is 23.3 Å². The smallest absolute Gasteiger partial charge is 0.264 e. The first-order chi connectivity index (χ1) is 8.47. The van der Waals surface area contributed by atoms with Gasteiger partial charge in [-0.1, -0.05) is 12.1 Å². The van der Waals surface area contributed by atoms with Gasteiger partial charge in [0.2, 0.25) is 6.33 Å². The lowest BCUT2D eigenvalue weighted by Gasteiger charge is -1.98. The highest BCUT2D eigenvalue weighted by molar-refractivity contribution is 7.85. The molecule has 2 rings (SSSR count). The number of hydrogen-bond acceptors (Lipinski definition) is 2. The van der Waals surface area contributed by atoms with E-state index in [0.29, 0.717) is 6.42 Å². The lowest BCUT2D eigenvalue weighted by molar-refractivity contribution is -0.645. The summed E-state index contributed by atoms with van der Waals surface area (Å²) in [6, 6.07) is 8.06. The number of nitrogens with zero attached hydrogens (tertiary/aromatic N) is 2. The van der Waals surface area contributed by atoms with Crippen LogP contribution in [0, 0.1) is 0 Å². The van der Waals surface area contributed by atoms with E-state index in [-0.39, 0.29) is 5.75 Å². The van der Waals surface area contributed by atoms with Crippen molar-refractivity contribution >= 4 is 21.2 Å². The largest absolute Gasteiger partial charge is 0.286 e. The molecule has 1 aromatic heterocycles. The highest BCUT2D eigenvalue weighted by Crippen LogP contribution is 2.11. The van der Waals surface area contributed by atoms with Crippen LogP contribution in [0.1, 0.15) is 12.8 Å². The Morgan fingerprint density at radius 2 is 2.00 bits per heavy atom. The summed E-state index contributed by atoms with van der Waals surface area (Å²) in [5.41, 5.74) is 2.28. The number of imidazole rings is 1. The van der Waals surface area contributed by atoms with Crippen LogP contribution in [0.3, 0.4) is 0 Å². The predicted octanol–water partition coefficient (Wildman–Crippen LogP) is 1.13. The third-order valence-electron chi connectivity index (χ3n) is 2.94. The van der Waals surface area contributed by atoms with Gasteiger partial charge in [0.05, 0.1) is 19.3 Å². The first kappa shape index (κ1) is 13.0. The number of fused-ring (bicyclic) bond motifs is 1. The quantitative estimate of drug-likeness (QED) is 0.503. The van der Waals surface area contributed by atoms with Crippen LogP contribution in [0.4, 0.5) is 0 Å². The molecule has 0 unspecified atom stereocenters. The number of benzene rings is 1. The first-order valence-corrected chi connectivity index (χ1v) is 7.47. The summed E-state index contributed by atoms with van der Waals surface area (Å²) in [5, 5.41) is 0. The van der Waals surface area contributed by atoms with Crippen molar-refractivity contribution in [2.75, 3.05) is 5.75 Å². The third-order valence-corrected chi connectivity index (χ3v) is 3.74. The summed E-state index contributed by atoms with van der Waals surface area (Å²) in [7, 11) is -1.85. The molecule has 18 heavy (non-hydrogen) atoms. The van der Waals surface area contributed by atoms with Gasteiger partial charge in [0.15, 0.2) is 11.0 Å². The van der Waals surface area contributed by atoms with Crippen LogP contribution in [-0.2, 0) is 23.7 Å². The Labute approximate surface area is 106 Å². The van der Waals surface area contributed by atoms with E-state index < -0.39 is 10.1 Å². The average molecular weight is 269 g/mol. The highest BCUT2D eigenvalue weighted by atomic mass is 32.2. The Morgan fingerprint density at radius 1 is 1.28 bits per heavy atom. The summed E-state index contributed by atoms with van der Waals surface area (Å²) in [5.74, 6) is -0.168. The average Bonchev–Trinajstić information content (AvgIpc) is 2.62. The van der Waals surface area contributed by atoms with Gasteiger partial charge < -0.3 is 0 Å². The van der Waals surface area contributed by atoms with Crippen LogP contribution in [0.15, 0.2) is 30.6 Å². The third kappa shape index (κ3) is 3.08. The van der Waals surface area contributed by atoms with Crippen molar-refractivity contribution in [3.63, 3.8) is 0 Å². The zero-order valence-electron chi connectivity index (χ0n) is 10.3. The van der Waals surface area contributed by atoms with Crippen molar-refractivity contribution < 1.29 is 17.5 Å². The van der Waals surface area contributed by atoms with E-state index in [9.17, 15) is 8.42 Å². The normalized spacial score (nSPS) is 12.1. The summed E-state index contributed by atoms with van der Waals surface area (Å²) >= 11 is 0. The fourth-order valence-corrected chi connectivity index (χ4v) is 2.65. The Balaban J connectivity index is 2.04. The summed E-state index contributed by atoms with van der Waals surface area (Å²) in [4.78, 5) is 0. The maximum absolute atomic E-state index is 10.6. The zero-order valence-corrected chi connectivity index (χ0v) is 11.1. The van der Waals surface area contributed by atoms with Gasteiger partial charge in [-0.25, -0.2) is 9.13 Å². The van der Waals surface area contributed by atoms with Gasteiger partial charge >= 0.3 is 0 Å². The molecule has 1 heterocycles. The van der Waals surface area contributed by atoms with Crippen LogP contribution in [0.25, 0.3) is 11.0 Å². The lowest BCUT2D eigenvalue weighted by Crippen LogP contribution is -2.25. The van der Waals surface area contributed by atoms with Crippen LogP contribution in [0.2, 0.25) is 0 Å². The molecule has 0 radical (unpaired) electrons. The topological polar surface area (TPSA) is 63.2 Å². The fourth-order valence-electron chi connectivity index (χ4n) is 2.08. The van der Waals surface area contributed by atoms with Gasteiger partial charge in [-0.05, 0) is 25.0 Å². The molecule has 5 nitrogen and oxygen atoms in total. The molecule has 0 fully saturated rings. The summed E-state index contributed by atoms with van der Waals surface area (Å²) in [6.07, 6.45) is 3.19. The van der Waals surface area contributed by atoms with Gasteiger partial charge in [-0.3, -0.25) is 4.55 Å². The Bertz CT molecular complexity index is 646. The fraction of sp³-hybridized carbons (Fsp3) is 0.417. The molecular formula is C12H17N2O3S+. The number of unbranched alkanes of at least 4 members (excludes halogenated alkanes) is 1. The number of hydrogen-bond donors (Lipinski definition) is 1. The zero-order chi connectivity index (χ0) is 13.2. The molecule has 0 aliphatic rings. The van der Waals surface area contributed by atoms with Gasteiger partial charge in [0.1, 0.15) is 0 Å². The van der Waals surface area contributed by atoms with E-state index >= 15 is 0 Å². The maximum Gasteiger partial charge on any atom is 0.264 e. The molecule has 0 saturated heterocycles. The van der Waals surface area contributed by atoms with Crippen LogP contribution in [0.5, 0.6) is 0 Å². The standard InChI is InChI=1S/C12H16N2O3S/c1-13-10-14(8-4-5-9-18(15,16)17)12-7-3-2-6-11(12)13/h2-3,6-7,10H,4-5,8-9H2,1H3/p+1. The van der Waals surface area contributed by atoms with Crippen molar-refractivity contribution in [1.29, 1.82) is 0 Å². The second-order valence-electron chi connectivity index (χ2n) is 4.40. The molecule has 98 valence electrons. The number of aryl methyl sites for hydroxylation is 2. The first-order valence-electron chi connectivity index (χ1n) is 5.86. The van der Waals surface area contributed by atoms with Crippen molar-refractivity contribution in [1.82, 2.24) is 4.57 Å². The van der Waals surface area contributed by atoms with Crippen molar-refractivity contribution in [2.45, 2.75) is 19.4 Å². The number of rotatable bonds is 5. The predicted molar refractivity (Wildman–Crippen MR) is 68.8 cm³/mol. The molecule has 0 spiro atoms. The Kier molecular flexibility index (Phi) is 3.68. The number of para-hydroxylation sites is 2. The molecule has 1 N–H and O–H groups in total. The van der Waals surface area contributed by atoms with Gasteiger partial charge in [-0.2, -0.15) is 8.42 Å². The van der Waals surface area contributed by atoms with E-state index in [0.717, 1.165) is 24.0 Å². The van der Waals surface area contributed by atoms with Crippen molar-refractivity contribution in [3.05, 3.63) is 30.6 Å². The Morgan fingerprint density at radius 3 is 2.72 bits per heavy atom. The molecule has 0 atom stereocenters. The minimum Gasteiger partial charge on any atom is -0.286 e. The monoisotopic (exact) mass is 269 g/mol. The molecule has 1 aromatic carbocycles. The van der Waals surface area contributed by atoms with Gasteiger partial charge in [-0.15, -0.1) is 0 Å².